The standard InChI is InChI=1S/C14H8FNO2/c15-9-6-7-11-12(8-9)14(18)16(13(11)17)10-4-2-1-3-5-10/h1-8H. The number of imide groups is 1. The van der Waals surface area contributed by atoms with Gasteiger partial charge in [0.15, 0.2) is 0 Å². The van der Waals surface area contributed by atoms with E-state index in [4.69, 9.17) is 0 Å². The van der Waals surface area contributed by atoms with Gasteiger partial charge < -0.3 is 0 Å². The van der Waals surface area contributed by atoms with Gasteiger partial charge in [0.05, 0.1) is 16.8 Å². The van der Waals surface area contributed by atoms with Crippen LogP contribution in [0.2, 0.25) is 0 Å². The van der Waals surface area contributed by atoms with Crippen LogP contribution in [0, 0.1) is 5.82 Å². The topological polar surface area (TPSA) is 37.4 Å². The molecule has 0 atom stereocenters. The van der Waals surface area contributed by atoms with Gasteiger partial charge in [-0.25, -0.2) is 9.29 Å². The summed E-state index contributed by atoms with van der Waals surface area (Å²) in [4.78, 5) is 25.3. The molecule has 0 saturated carbocycles. The van der Waals surface area contributed by atoms with Crippen molar-refractivity contribution in [3.8, 4) is 0 Å². The summed E-state index contributed by atoms with van der Waals surface area (Å²) in [5, 5.41) is 0. The van der Waals surface area contributed by atoms with E-state index in [0.717, 1.165) is 11.0 Å². The van der Waals surface area contributed by atoms with Gasteiger partial charge in [0.2, 0.25) is 0 Å². The molecule has 2 aromatic carbocycles. The maximum atomic E-state index is 13.1. The fourth-order valence-electron chi connectivity index (χ4n) is 2.02. The second kappa shape index (κ2) is 3.77. The second-order valence-electron chi connectivity index (χ2n) is 3.97. The van der Waals surface area contributed by atoms with Gasteiger partial charge in [-0.2, -0.15) is 0 Å². The molecule has 88 valence electrons. The van der Waals surface area contributed by atoms with Crippen LogP contribution >= 0.6 is 0 Å². The predicted octanol–water partition coefficient (Wildman–Crippen LogP) is 2.63. The molecule has 0 bridgehead atoms. The van der Waals surface area contributed by atoms with Crippen molar-refractivity contribution in [2.75, 3.05) is 4.90 Å². The fraction of sp³-hybridized carbons (Fsp3) is 0. The number of hydrogen-bond acceptors (Lipinski definition) is 2. The highest BCUT2D eigenvalue weighted by Crippen LogP contribution is 2.28. The lowest BCUT2D eigenvalue weighted by Crippen LogP contribution is -2.29. The second-order valence-corrected chi connectivity index (χ2v) is 3.97. The Kier molecular flexibility index (Phi) is 2.23. The van der Waals surface area contributed by atoms with Crippen LogP contribution in [0.15, 0.2) is 48.5 Å². The van der Waals surface area contributed by atoms with Crippen LogP contribution in [0.5, 0.6) is 0 Å². The number of halogens is 1. The molecule has 3 nitrogen and oxygen atoms in total. The van der Waals surface area contributed by atoms with Crippen molar-refractivity contribution in [1.29, 1.82) is 0 Å². The average Bonchev–Trinajstić information content (AvgIpc) is 2.63. The number of rotatable bonds is 1. The fourth-order valence-corrected chi connectivity index (χ4v) is 2.02. The summed E-state index contributed by atoms with van der Waals surface area (Å²) in [7, 11) is 0. The van der Waals surface area contributed by atoms with Crippen molar-refractivity contribution in [2.24, 2.45) is 0 Å². The van der Waals surface area contributed by atoms with Gasteiger partial charge in [0.1, 0.15) is 5.82 Å². The summed E-state index contributed by atoms with van der Waals surface area (Å²) in [5.74, 6) is -1.42. The van der Waals surface area contributed by atoms with Crippen molar-refractivity contribution in [1.82, 2.24) is 0 Å². The monoisotopic (exact) mass is 241 g/mol. The SMILES string of the molecule is O=C1c2ccc(F)cc2C(=O)N1c1ccccc1. The number of nitrogens with zero attached hydrogens (tertiary/aromatic N) is 1. The molecule has 0 fully saturated rings. The molecule has 2 aromatic rings. The number of para-hydroxylation sites is 1. The highest BCUT2D eigenvalue weighted by Gasteiger charge is 2.36. The van der Waals surface area contributed by atoms with Crippen molar-refractivity contribution >= 4 is 17.5 Å². The number of hydrogen-bond donors (Lipinski definition) is 0. The van der Waals surface area contributed by atoms with Gasteiger partial charge in [-0.1, -0.05) is 18.2 Å². The van der Waals surface area contributed by atoms with Crippen LogP contribution in [0.3, 0.4) is 0 Å². The van der Waals surface area contributed by atoms with Crippen LogP contribution in [0.4, 0.5) is 10.1 Å². The highest BCUT2D eigenvalue weighted by atomic mass is 19.1. The summed E-state index contributed by atoms with van der Waals surface area (Å²) >= 11 is 0. The average molecular weight is 241 g/mol. The molecule has 3 rings (SSSR count). The van der Waals surface area contributed by atoms with E-state index in [2.05, 4.69) is 0 Å². The molecule has 0 N–H and O–H groups in total. The summed E-state index contributed by atoms with van der Waals surface area (Å²) in [6.07, 6.45) is 0. The Labute approximate surface area is 102 Å². The molecule has 0 radical (unpaired) electrons. The maximum absolute atomic E-state index is 13.1. The lowest BCUT2D eigenvalue weighted by molar-refractivity contribution is 0.0926. The zero-order valence-corrected chi connectivity index (χ0v) is 9.26. The Balaban J connectivity index is 2.13. The Hall–Kier alpha value is -2.49. The third kappa shape index (κ3) is 1.43. The third-order valence-electron chi connectivity index (χ3n) is 2.86. The smallest absolute Gasteiger partial charge is 0.266 e. The van der Waals surface area contributed by atoms with Crippen LogP contribution in [-0.2, 0) is 0 Å². The van der Waals surface area contributed by atoms with Crippen LogP contribution in [0.1, 0.15) is 20.7 Å². The van der Waals surface area contributed by atoms with Gasteiger partial charge in [-0.3, -0.25) is 9.59 Å². The number of carbonyl (C=O) groups excluding carboxylic acids is 2. The van der Waals surface area contributed by atoms with Crippen LogP contribution < -0.4 is 4.90 Å². The summed E-state index contributed by atoms with van der Waals surface area (Å²) in [5.41, 5.74) is 0.846. The molecule has 18 heavy (non-hydrogen) atoms. The van der Waals surface area contributed by atoms with Gasteiger partial charge in [0.25, 0.3) is 11.8 Å². The van der Waals surface area contributed by atoms with Crippen LogP contribution in [0.25, 0.3) is 0 Å². The molecule has 0 spiro atoms. The molecule has 0 aromatic heterocycles. The number of carbonyl (C=O) groups is 2. The third-order valence-corrected chi connectivity index (χ3v) is 2.86. The molecular weight excluding hydrogens is 233 g/mol. The molecule has 0 saturated heterocycles. The van der Waals surface area contributed by atoms with Crippen molar-refractivity contribution in [3.63, 3.8) is 0 Å². The first-order valence-corrected chi connectivity index (χ1v) is 5.42. The first-order valence-electron chi connectivity index (χ1n) is 5.42. The zero-order chi connectivity index (χ0) is 12.7. The van der Waals surface area contributed by atoms with Crippen molar-refractivity contribution in [3.05, 3.63) is 65.5 Å². The zero-order valence-electron chi connectivity index (χ0n) is 9.26. The summed E-state index contributed by atoms with van der Waals surface area (Å²) in [6, 6.07) is 12.2. The molecule has 0 unspecified atom stereocenters. The number of anilines is 1. The van der Waals surface area contributed by atoms with E-state index in [-0.39, 0.29) is 11.1 Å². The Bertz CT molecular complexity index is 652. The number of amides is 2. The Morgan fingerprint density at radius 3 is 2.22 bits per heavy atom. The van der Waals surface area contributed by atoms with E-state index in [1.165, 1.54) is 12.1 Å². The first-order chi connectivity index (χ1) is 8.68. The molecule has 1 aliphatic heterocycles. The van der Waals surface area contributed by atoms with E-state index in [1.54, 1.807) is 30.3 Å². The van der Waals surface area contributed by atoms with Gasteiger partial charge >= 0.3 is 0 Å². The molecule has 1 aliphatic rings. The van der Waals surface area contributed by atoms with Gasteiger partial charge in [0, 0.05) is 0 Å². The molecule has 4 heteroatoms. The molecule has 1 heterocycles. The number of fused-ring (bicyclic) bond motifs is 1. The minimum Gasteiger partial charge on any atom is -0.268 e. The van der Waals surface area contributed by atoms with E-state index in [0.29, 0.717) is 5.69 Å². The first kappa shape index (κ1) is 10.7. The van der Waals surface area contributed by atoms with E-state index >= 15 is 0 Å². The van der Waals surface area contributed by atoms with E-state index in [1.807, 2.05) is 0 Å². The van der Waals surface area contributed by atoms with E-state index < -0.39 is 17.6 Å². The molecular formula is C14H8FNO2. The predicted molar refractivity (Wildman–Crippen MR) is 64.0 cm³/mol. The van der Waals surface area contributed by atoms with Gasteiger partial charge in [-0.05, 0) is 30.3 Å². The maximum Gasteiger partial charge on any atom is 0.266 e. The highest BCUT2D eigenvalue weighted by molar-refractivity contribution is 6.34. The Morgan fingerprint density at radius 2 is 1.50 bits per heavy atom. The van der Waals surface area contributed by atoms with E-state index in [9.17, 15) is 14.0 Å². The summed E-state index contributed by atoms with van der Waals surface area (Å²) < 4.78 is 13.1. The largest absolute Gasteiger partial charge is 0.268 e. The normalized spacial score (nSPS) is 13.9. The van der Waals surface area contributed by atoms with Crippen LogP contribution in [-0.4, -0.2) is 11.8 Å². The van der Waals surface area contributed by atoms with Crippen molar-refractivity contribution in [2.45, 2.75) is 0 Å². The van der Waals surface area contributed by atoms with Gasteiger partial charge in [-0.15, -0.1) is 0 Å². The lowest BCUT2D eigenvalue weighted by Gasteiger charge is -2.13. The summed E-state index contributed by atoms with van der Waals surface area (Å²) in [6.45, 7) is 0. The minimum absolute atomic E-state index is 0.115. The lowest BCUT2D eigenvalue weighted by atomic mass is 10.1. The molecule has 0 aliphatic carbocycles. The Morgan fingerprint density at radius 1 is 0.833 bits per heavy atom. The molecule has 2 amide bonds. The quantitative estimate of drug-likeness (QED) is 0.720. The van der Waals surface area contributed by atoms with Crippen molar-refractivity contribution < 1.29 is 14.0 Å². The number of benzene rings is 2. The minimum atomic E-state index is -0.523.